The van der Waals surface area contributed by atoms with Crippen molar-refractivity contribution in [1.29, 1.82) is 0 Å². The van der Waals surface area contributed by atoms with Gasteiger partial charge >= 0.3 is 0 Å². The van der Waals surface area contributed by atoms with Crippen LogP contribution in [0.25, 0.3) is 0 Å². The molecule has 0 saturated heterocycles. The summed E-state index contributed by atoms with van der Waals surface area (Å²) in [5.74, 6) is 1.88. The first-order chi connectivity index (χ1) is 6.98. The summed E-state index contributed by atoms with van der Waals surface area (Å²) in [6, 6.07) is 0. The SMILES string of the molecule is CC1=CC[C@@]23C[C@@H]1C(C)(C)[C@@H]2CCC3=O. The van der Waals surface area contributed by atoms with Crippen LogP contribution in [0.5, 0.6) is 0 Å². The minimum Gasteiger partial charge on any atom is -0.299 e. The van der Waals surface area contributed by atoms with Gasteiger partial charge in [0.25, 0.3) is 0 Å². The van der Waals surface area contributed by atoms with E-state index in [2.05, 4.69) is 26.8 Å². The second kappa shape index (κ2) is 2.56. The molecule has 2 bridgehead atoms. The van der Waals surface area contributed by atoms with E-state index < -0.39 is 0 Å². The average Bonchev–Trinajstić information content (AvgIpc) is 2.57. The highest BCUT2D eigenvalue weighted by molar-refractivity contribution is 5.88. The van der Waals surface area contributed by atoms with Crippen LogP contribution in [0.2, 0.25) is 0 Å². The molecule has 3 aliphatic rings. The monoisotopic (exact) mass is 204 g/mol. The quantitative estimate of drug-likeness (QED) is 0.553. The second-order valence-electron chi connectivity index (χ2n) is 6.40. The fourth-order valence-corrected chi connectivity index (χ4v) is 4.78. The molecule has 0 amide bonds. The van der Waals surface area contributed by atoms with Crippen LogP contribution in [-0.2, 0) is 4.79 Å². The summed E-state index contributed by atoms with van der Waals surface area (Å²) < 4.78 is 0. The normalized spacial score (nSPS) is 46.6. The van der Waals surface area contributed by atoms with Gasteiger partial charge in [0.2, 0.25) is 0 Å². The van der Waals surface area contributed by atoms with Gasteiger partial charge in [-0.15, -0.1) is 0 Å². The fourth-order valence-electron chi connectivity index (χ4n) is 4.78. The van der Waals surface area contributed by atoms with Crippen LogP contribution < -0.4 is 0 Å². The number of Topliss-reactive ketones (excluding diaryl/α,β-unsaturated/α-hetero) is 1. The number of hydrogen-bond acceptors (Lipinski definition) is 1. The van der Waals surface area contributed by atoms with E-state index in [9.17, 15) is 4.79 Å². The Hall–Kier alpha value is -0.590. The maximum Gasteiger partial charge on any atom is 0.139 e. The number of ketones is 1. The summed E-state index contributed by atoms with van der Waals surface area (Å²) in [7, 11) is 0. The Morgan fingerprint density at radius 1 is 1.40 bits per heavy atom. The first-order valence-electron chi connectivity index (χ1n) is 6.18. The number of hydrogen-bond donors (Lipinski definition) is 0. The molecule has 82 valence electrons. The molecule has 15 heavy (non-hydrogen) atoms. The lowest BCUT2D eigenvalue weighted by Gasteiger charge is -2.32. The van der Waals surface area contributed by atoms with Crippen LogP contribution in [0, 0.1) is 22.7 Å². The largest absolute Gasteiger partial charge is 0.299 e. The third-order valence-electron chi connectivity index (χ3n) is 5.58. The van der Waals surface area contributed by atoms with Crippen LogP contribution >= 0.6 is 0 Å². The van der Waals surface area contributed by atoms with E-state index in [4.69, 9.17) is 0 Å². The molecule has 2 fully saturated rings. The van der Waals surface area contributed by atoms with Crippen molar-refractivity contribution in [2.24, 2.45) is 22.7 Å². The van der Waals surface area contributed by atoms with Crippen molar-refractivity contribution in [1.82, 2.24) is 0 Å². The van der Waals surface area contributed by atoms with Gasteiger partial charge in [-0.3, -0.25) is 4.79 Å². The summed E-state index contributed by atoms with van der Waals surface area (Å²) in [6.07, 6.45) is 6.50. The second-order valence-corrected chi connectivity index (χ2v) is 6.40. The van der Waals surface area contributed by atoms with Gasteiger partial charge in [0.1, 0.15) is 5.78 Å². The molecule has 1 heteroatoms. The summed E-state index contributed by atoms with van der Waals surface area (Å²) in [6.45, 7) is 7.02. The van der Waals surface area contributed by atoms with Crippen LogP contribution in [-0.4, -0.2) is 5.78 Å². The van der Waals surface area contributed by atoms with Crippen LogP contribution in [0.1, 0.15) is 46.5 Å². The van der Waals surface area contributed by atoms with Crippen molar-refractivity contribution in [2.45, 2.75) is 46.5 Å². The molecule has 2 saturated carbocycles. The van der Waals surface area contributed by atoms with Crippen LogP contribution in [0.15, 0.2) is 11.6 Å². The molecular formula is C14H20O. The predicted molar refractivity (Wildman–Crippen MR) is 60.4 cm³/mol. The summed E-state index contributed by atoms with van der Waals surface area (Å²) in [5, 5.41) is 0. The van der Waals surface area contributed by atoms with E-state index in [0.717, 1.165) is 25.7 Å². The molecule has 1 nitrogen and oxygen atoms in total. The average molecular weight is 204 g/mol. The molecule has 0 heterocycles. The summed E-state index contributed by atoms with van der Waals surface area (Å²) >= 11 is 0. The number of rotatable bonds is 0. The minimum atomic E-state index is 0.0632. The topological polar surface area (TPSA) is 17.1 Å². The molecule has 0 radical (unpaired) electrons. The Balaban J connectivity index is 2.15. The number of allylic oxidation sites excluding steroid dienone is 2. The minimum absolute atomic E-state index is 0.0632. The highest BCUT2D eigenvalue weighted by Crippen LogP contribution is 2.68. The molecule has 3 aliphatic carbocycles. The standard InChI is InChI=1S/C14H20O/c1-9-6-7-14-8-10(9)13(2,3)11(14)4-5-12(14)15/h6,10-11H,4-5,7-8H2,1-3H3/t10-,11-,14+/m0/s1. The van der Waals surface area contributed by atoms with Crippen molar-refractivity contribution >= 4 is 5.78 Å². The zero-order chi connectivity index (χ0) is 10.8. The van der Waals surface area contributed by atoms with E-state index in [-0.39, 0.29) is 5.41 Å². The van der Waals surface area contributed by atoms with E-state index in [1.165, 1.54) is 5.57 Å². The van der Waals surface area contributed by atoms with Crippen molar-refractivity contribution in [3.8, 4) is 0 Å². The molecule has 0 unspecified atom stereocenters. The third kappa shape index (κ3) is 0.926. The van der Waals surface area contributed by atoms with Gasteiger partial charge in [-0.2, -0.15) is 0 Å². The molecule has 1 spiro atoms. The van der Waals surface area contributed by atoms with Crippen molar-refractivity contribution in [3.63, 3.8) is 0 Å². The third-order valence-corrected chi connectivity index (χ3v) is 5.58. The molecule has 0 aromatic carbocycles. The van der Waals surface area contributed by atoms with Crippen LogP contribution in [0.4, 0.5) is 0 Å². The smallest absolute Gasteiger partial charge is 0.139 e. The first kappa shape index (κ1) is 9.62. The highest BCUT2D eigenvalue weighted by Gasteiger charge is 2.64. The zero-order valence-corrected chi connectivity index (χ0v) is 9.97. The fraction of sp³-hybridized carbons (Fsp3) is 0.786. The maximum atomic E-state index is 12.2. The van der Waals surface area contributed by atoms with Gasteiger partial charge in [-0.05, 0) is 43.4 Å². The molecule has 0 aromatic heterocycles. The Labute approximate surface area is 91.9 Å². The molecular weight excluding hydrogens is 184 g/mol. The summed E-state index contributed by atoms with van der Waals surface area (Å²) in [5.41, 5.74) is 1.95. The van der Waals surface area contributed by atoms with E-state index in [0.29, 0.717) is 23.0 Å². The zero-order valence-electron chi connectivity index (χ0n) is 9.97. The predicted octanol–water partition coefficient (Wildman–Crippen LogP) is 3.35. The Kier molecular flexibility index (Phi) is 1.64. The Morgan fingerprint density at radius 2 is 2.13 bits per heavy atom. The first-order valence-corrected chi connectivity index (χ1v) is 6.18. The molecule has 3 atom stereocenters. The Morgan fingerprint density at radius 3 is 2.87 bits per heavy atom. The van der Waals surface area contributed by atoms with Gasteiger partial charge in [0, 0.05) is 11.8 Å². The molecule has 0 aliphatic heterocycles. The van der Waals surface area contributed by atoms with Crippen molar-refractivity contribution < 1.29 is 4.79 Å². The van der Waals surface area contributed by atoms with E-state index in [1.807, 2.05) is 0 Å². The highest BCUT2D eigenvalue weighted by atomic mass is 16.1. The lowest BCUT2D eigenvalue weighted by molar-refractivity contribution is -0.127. The maximum absolute atomic E-state index is 12.2. The molecule has 3 rings (SSSR count). The van der Waals surface area contributed by atoms with Crippen LogP contribution in [0.3, 0.4) is 0 Å². The number of carbonyl (C=O) groups excluding carboxylic acids is 1. The van der Waals surface area contributed by atoms with Gasteiger partial charge in [0.15, 0.2) is 0 Å². The Bertz CT molecular complexity index is 364. The van der Waals surface area contributed by atoms with Crippen molar-refractivity contribution in [3.05, 3.63) is 11.6 Å². The molecule has 0 aromatic rings. The lowest BCUT2D eigenvalue weighted by atomic mass is 9.71. The van der Waals surface area contributed by atoms with Gasteiger partial charge in [-0.25, -0.2) is 0 Å². The number of carbonyl (C=O) groups is 1. The molecule has 0 N–H and O–H groups in total. The number of fused-ring (bicyclic) bond motifs is 1. The van der Waals surface area contributed by atoms with E-state index >= 15 is 0 Å². The van der Waals surface area contributed by atoms with Gasteiger partial charge in [-0.1, -0.05) is 25.5 Å². The van der Waals surface area contributed by atoms with E-state index in [1.54, 1.807) is 0 Å². The lowest BCUT2D eigenvalue weighted by Crippen LogP contribution is -2.31. The summed E-state index contributed by atoms with van der Waals surface area (Å²) in [4.78, 5) is 12.2. The van der Waals surface area contributed by atoms with Crippen molar-refractivity contribution in [2.75, 3.05) is 0 Å². The van der Waals surface area contributed by atoms with Gasteiger partial charge < -0.3 is 0 Å². The van der Waals surface area contributed by atoms with Gasteiger partial charge in [0.05, 0.1) is 0 Å².